The third-order valence-corrected chi connectivity index (χ3v) is 1.77. The summed E-state index contributed by atoms with van der Waals surface area (Å²) in [7, 11) is 0. The summed E-state index contributed by atoms with van der Waals surface area (Å²) < 4.78 is 0. The molecule has 0 aromatic carbocycles. The average Bonchev–Trinajstić information content (AvgIpc) is 2.03. The first-order valence-electron chi connectivity index (χ1n) is 4.04. The molecule has 0 spiro atoms. The van der Waals surface area contributed by atoms with E-state index in [-0.39, 0.29) is 11.1 Å². The molecule has 2 N–H and O–H groups in total. The molecule has 1 amide bonds. The highest BCUT2D eigenvalue weighted by Gasteiger charge is 2.16. The molecule has 0 saturated heterocycles. The molecule has 0 bridgehead atoms. The van der Waals surface area contributed by atoms with Crippen LogP contribution in [0.15, 0.2) is 12.3 Å². The van der Waals surface area contributed by atoms with Gasteiger partial charge in [0.05, 0.1) is 6.20 Å². The van der Waals surface area contributed by atoms with E-state index in [2.05, 4.69) is 10.2 Å². The lowest BCUT2D eigenvalue weighted by Gasteiger charge is -2.17. The number of carbonyl (C=O) groups is 1. The van der Waals surface area contributed by atoms with Gasteiger partial charge in [-0.3, -0.25) is 4.79 Å². The molecule has 0 atom stereocenters. The van der Waals surface area contributed by atoms with Crippen molar-refractivity contribution in [3.63, 3.8) is 0 Å². The van der Waals surface area contributed by atoms with Crippen LogP contribution in [0.4, 0.5) is 0 Å². The van der Waals surface area contributed by atoms with E-state index < -0.39 is 5.91 Å². The van der Waals surface area contributed by atoms with E-state index >= 15 is 0 Å². The van der Waals surface area contributed by atoms with Crippen LogP contribution in [0.1, 0.15) is 36.8 Å². The highest BCUT2D eigenvalue weighted by atomic mass is 16.1. The lowest BCUT2D eigenvalue weighted by atomic mass is 9.88. The Morgan fingerprint density at radius 3 is 2.54 bits per heavy atom. The third-order valence-electron chi connectivity index (χ3n) is 1.77. The maximum Gasteiger partial charge on any atom is 0.269 e. The maximum absolute atomic E-state index is 10.8. The number of aromatic nitrogens is 2. The molecule has 0 aliphatic rings. The lowest BCUT2D eigenvalue weighted by molar-refractivity contribution is 0.0994. The van der Waals surface area contributed by atoms with Gasteiger partial charge in [0.2, 0.25) is 0 Å². The normalized spacial score (nSPS) is 11.3. The van der Waals surface area contributed by atoms with Gasteiger partial charge in [-0.15, -0.1) is 5.10 Å². The van der Waals surface area contributed by atoms with E-state index in [1.807, 2.05) is 20.8 Å². The van der Waals surface area contributed by atoms with Gasteiger partial charge < -0.3 is 5.73 Å². The fourth-order valence-corrected chi connectivity index (χ4v) is 0.897. The standard InChI is InChI=1S/C9H13N3O/c1-9(2,3)6-4-7(8(10)13)12-11-5-6/h4-5H,1-3H3,(H2,10,13). The predicted octanol–water partition coefficient (Wildman–Crippen LogP) is 0.873. The number of rotatable bonds is 1. The number of amides is 1. The summed E-state index contributed by atoms with van der Waals surface area (Å²) in [4.78, 5) is 10.8. The van der Waals surface area contributed by atoms with Crippen LogP contribution in [0.2, 0.25) is 0 Å². The van der Waals surface area contributed by atoms with Crippen LogP contribution < -0.4 is 5.73 Å². The van der Waals surface area contributed by atoms with Crippen molar-refractivity contribution < 1.29 is 4.79 Å². The number of nitrogens with zero attached hydrogens (tertiary/aromatic N) is 2. The first kappa shape index (κ1) is 9.64. The number of hydrogen-bond acceptors (Lipinski definition) is 3. The third kappa shape index (κ3) is 2.24. The molecule has 0 aliphatic heterocycles. The Kier molecular flexibility index (Phi) is 2.32. The SMILES string of the molecule is CC(C)(C)c1cnnc(C(N)=O)c1. The molecule has 1 aromatic heterocycles. The lowest BCUT2D eigenvalue weighted by Crippen LogP contribution is -2.18. The molecule has 13 heavy (non-hydrogen) atoms. The topological polar surface area (TPSA) is 68.9 Å². The van der Waals surface area contributed by atoms with Crippen molar-refractivity contribution in [1.82, 2.24) is 10.2 Å². The summed E-state index contributed by atoms with van der Waals surface area (Å²) >= 11 is 0. The van der Waals surface area contributed by atoms with E-state index in [0.29, 0.717) is 0 Å². The van der Waals surface area contributed by atoms with Crippen molar-refractivity contribution in [2.45, 2.75) is 26.2 Å². The van der Waals surface area contributed by atoms with Crippen molar-refractivity contribution in [3.05, 3.63) is 23.5 Å². The van der Waals surface area contributed by atoms with E-state index in [0.717, 1.165) is 5.56 Å². The van der Waals surface area contributed by atoms with Crippen molar-refractivity contribution >= 4 is 5.91 Å². The highest BCUT2D eigenvalue weighted by molar-refractivity contribution is 5.90. The van der Waals surface area contributed by atoms with Crippen molar-refractivity contribution in [2.75, 3.05) is 0 Å². The van der Waals surface area contributed by atoms with E-state index in [9.17, 15) is 4.79 Å². The molecular weight excluding hydrogens is 166 g/mol. The van der Waals surface area contributed by atoms with Gasteiger partial charge in [-0.25, -0.2) is 0 Å². The van der Waals surface area contributed by atoms with E-state index in [1.165, 1.54) is 0 Å². The van der Waals surface area contributed by atoms with Gasteiger partial charge in [-0.1, -0.05) is 20.8 Å². The zero-order chi connectivity index (χ0) is 10.1. The minimum atomic E-state index is -0.543. The molecular formula is C9H13N3O. The number of primary amides is 1. The summed E-state index contributed by atoms with van der Waals surface area (Å²) in [6.07, 6.45) is 1.65. The zero-order valence-corrected chi connectivity index (χ0v) is 8.03. The number of carbonyl (C=O) groups excluding carboxylic acids is 1. The Morgan fingerprint density at radius 2 is 2.08 bits per heavy atom. The van der Waals surface area contributed by atoms with E-state index in [1.54, 1.807) is 12.3 Å². The van der Waals surface area contributed by atoms with Crippen molar-refractivity contribution in [1.29, 1.82) is 0 Å². The van der Waals surface area contributed by atoms with Crippen LogP contribution in [0.3, 0.4) is 0 Å². The zero-order valence-electron chi connectivity index (χ0n) is 8.03. The summed E-state index contributed by atoms with van der Waals surface area (Å²) in [5.74, 6) is -0.543. The molecule has 1 rings (SSSR count). The molecule has 70 valence electrons. The molecule has 0 aliphatic carbocycles. The van der Waals surface area contributed by atoms with Crippen LogP contribution in [-0.2, 0) is 5.41 Å². The molecule has 0 unspecified atom stereocenters. The Balaban J connectivity index is 3.13. The summed E-state index contributed by atoms with van der Waals surface area (Å²) in [5.41, 5.74) is 6.21. The molecule has 0 saturated carbocycles. The van der Waals surface area contributed by atoms with Gasteiger partial charge in [-0.2, -0.15) is 5.10 Å². The second-order valence-corrected chi connectivity index (χ2v) is 3.94. The summed E-state index contributed by atoms with van der Waals surface area (Å²) in [6.45, 7) is 6.11. The second kappa shape index (κ2) is 3.12. The van der Waals surface area contributed by atoms with Crippen LogP contribution in [0, 0.1) is 0 Å². The quantitative estimate of drug-likeness (QED) is 0.695. The smallest absolute Gasteiger partial charge is 0.269 e. The summed E-state index contributed by atoms with van der Waals surface area (Å²) in [6, 6.07) is 1.68. The maximum atomic E-state index is 10.8. The molecule has 1 aromatic rings. The minimum absolute atomic E-state index is 0.0415. The van der Waals surface area contributed by atoms with Gasteiger partial charge >= 0.3 is 0 Å². The second-order valence-electron chi connectivity index (χ2n) is 3.94. The number of nitrogens with two attached hydrogens (primary N) is 1. The monoisotopic (exact) mass is 179 g/mol. The van der Waals surface area contributed by atoms with E-state index in [4.69, 9.17) is 5.73 Å². The highest BCUT2D eigenvalue weighted by Crippen LogP contribution is 2.20. The minimum Gasteiger partial charge on any atom is -0.364 e. The van der Waals surface area contributed by atoms with Crippen LogP contribution in [0.5, 0.6) is 0 Å². The van der Waals surface area contributed by atoms with Crippen molar-refractivity contribution in [2.24, 2.45) is 5.73 Å². The fourth-order valence-electron chi connectivity index (χ4n) is 0.897. The Hall–Kier alpha value is -1.45. The van der Waals surface area contributed by atoms with Crippen LogP contribution in [0.25, 0.3) is 0 Å². The van der Waals surface area contributed by atoms with Crippen molar-refractivity contribution in [3.8, 4) is 0 Å². The molecule has 4 nitrogen and oxygen atoms in total. The first-order valence-corrected chi connectivity index (χ1v) is 4.04. The van der Waals surface area contributed by atoms with Gasteiger partial charge in [0.15, 0.2) is 5.69 Å². The first-order chi connectivity index (χ1) is 5.91. The molecule has 0 fully saturated rings. The van der Waals surface area contributed by atoms with Crippen LogP contribution in [-0.4, -0.2) is 16.1 Å². The largest absolute Gasteiger partial charge is 0.364 e. The van der Waals surface area contributed by atoms with Gasteiger partial charge in [0.25, 0.3) is 5.91 Å². The van der Waals surface area contributed by atoms with Crippen LogP contribution >= 0.6 is 0 Å². The van der Waals surface area contributed by atoms with Gasteiger partial charge in [0, 0.05) is 0 Å². The number of hydrogen-bond donors (Lipinski definition) is 1. The Morgan fingerprint density at radius 1 is 1.46 bits per heavy atom. The molecule has 0 radical (unpaired) electrons. The average molecular weight is 179 g/mol. The Labute approximate surface area is 77.2 Å². The molecule has 1 heterocycles. The summed E-state index contributed by atoms with van der Waals surface area (Å²) in [5, 5.41) is 7.35. The fraction of sp³-hybridized carbons (Fsp3) is 0.444. The predicted molar refractivity (Wildman–Crippen MR) is 49.2 cm³/mol. The van der Waals surface area contributed by atoms with Gasteiger partial charge in [-0.05, 0) is 17.0 Å². The van der Waals surface area contributed by atoms with Gasteiger partial charge in [0.1, 0.15) is 0 Å². The molecule has 4 heteroatoms. The Bertz CT molecular complexity index is 328.